The number of nitrogens with one attached hydrogen (secondary N) is 1. The van der Waals surface area contributed by atoms with E-state index < -0.39 is 5.60 Å². The summed E-state index contributed by atoms with van der Waals surface area (Å²) in [5.41, 5.74) is 0.473. The molecule has 4 nitrogen and oxygen atoms in total. The highest BCUT2D eigenvalue weighted by Gasteiger charge is 2.33. The standard InChI is InChI=1S/C18H27NO3/c1-14(11-15-5-7-16(22-2)8-6-15)13-19-17(20)12-18(21)9-3-4-10-18/h5-8,14,21H,3-4,9-13H2,1-2H3,(H,19,20). The molecule has 1 saturated carbocycles. The van der Waals surface area contributed by atoms with Crippen LogP contribution >= 0.6 is 0 Å². The van der Waals surface area contributed by atoms with Crippen LogP contribution in [0.5, 0.6) is 5.75 Å². The van der Waals surface area contributed by atoms with Crippen molar-refractivity contribution in [2.75, 3.05) is 13.7 Å². The smallest absolute Gasteiger partial charge is 0.222 e. The number of carbonyl (C=O) groups excluding carboxylic acids is 1. The second kappa shape index (κ2) is 7.63. The third-order valence-corrected chi connectivity index (χ3v) is 4.41. The predicted molar refractivity (Wildman–Crippen MR) is 86.9 cm³/mol. The maximum absolute atomic E-state index is 12.0. The summed E-state index contributed by atoms with van der Waals surface area (Å²) in [6.07, 6.45) is 4.70. The normalized spacial score (nSPS) is 18.0. The fraction of sp³-hybridized carbons (Fsp3) is 0.611. The number of aliphatic hydroxyl groups is 1. The lowest BCUT2D eigenvalue weighted by Crippen LogP contribution is -2.36. The van der Waals surface area contributed by atoms with Crippen LogP contribution in [0.1, 0.15) is 44.6 Å². The molecular formula is C18H27NO3. The number of carbonyl (C=O) groups is 1. The summed E-state index contributed by atoms with van der Waals surface area (Å²) >= 11 is 0. The predicted octanol–water partition coefficient (Wildman–Crippen LogP) is 2.69. The summed E-state index contributed by atoms with van der Waals surface area (Å²) in [6.45, 7) is 2.76. The SMILES string of the molecule is COc1ccc(CC(C)CNC(=O)CC2(O)CCCC2)cc1. The van der Waals surface area contributed by atoms with Gasteiger partial charge < -0.3 is 15.2 Å². The number of amides is 1. The second-order valence-electron chi connectivity index (χ2n) is 6.57. The fourth-order valence-corrected chi connectivity index (χ4v) is 3.10. The highest BCUT2D eigenvalue weighted by molar-refractivity contribution is 5.77. The lowest BCUT2D eigenvalue weighted by atomic mass is 9.97. The van der Waals surface area contributed by atoms with Crippen LogP contribution in [0.3, 0.4) is 0 Å². The maximum Gasteiger partial charge on any atom is 0.222 e. The van der Waals surface area contributed by atoms with Gasteiger partial charge >= 0.3 is 0 Å². The van der Waals surface area contributed by atoms with Gasteiger partial charge in [-0.05, 0) is 42.9 Å². The molecular weight excluding hydrogens is 278 g/mol. The van der Waals surface area contributed by atoms with Crippen LogP contribution in [0.4, 0.5) is 0 Å². The molecule has 1 aromatic rings. The quantitative estimate of drug-likeness (QED) is 0.814. The van der Waals surface area contributed by atoms with Crippen LogP contribution in [0.25, 0.3) is 0 Å². The first kappa shape index (κ1) is 16.8. The van der Waals surface area contributed by atoms with E-state index in [1.807, 2.05) is 12.1 Å². The van der Waals surface area contributed by atoms with Crippen molar-refractivity contribution in [2.45, 2.75) is 51.0 Å². The number of methoxy groups -OCH3 is 1. The van der Waals surface area contributed by atoms with Crippen LogP contribution in [0.2, 0.25) is 0 Å². The van der Waals surface area contributed by atoms with Crippen molar-refractivity contribution >= 4 is 5.91 Å². The van der Waals surface area contributed by atoms with Crippen molar-refractivity contribution in [3.63, 3.8) is 0 Å². The van der Waals surface area contributed by atoms with Crippen molar-refractivity contribution in [3.8, 4) is 5.75 Å². The molecule has 0 spiro atoms. The summed E-state index contributed by atoms with van der Waals surface area (Å²) in [5, 5.41) is 13.2. The largest absolute Gasteiger partial charge is 0.497 e. The van der Waals surface area contributed by atoms with E-state index in [0.29, 0.717) is 12.5 Å². The Morgan fingerprint density at radius 1 is 1.32 bits per heavy atom. The molecule has 0 heterocycles. The Hall–Kier alpha value is -1.55. The monoisotopic (exact) mass is 305 g/mol. The van der Waals surface area contributed by atoms with Crippen molar-refractivity contribution in [2.24, 2.45) is 5.92 Å². The molecule has 0 aliphatic heterocycles. The van der Waals surface area contributed by atoms with Crippen LogP contribution in [0, 0.1) is 5.92 Å². The Labute approximate surface area is 132 Å². The fourth-order valence-electron chi connectivity index (χ4n) is 3.10. The minimum absolute atomic E-state index is 0.0361. The zero-order valence-corrected chi connectivity index (χ0v) is 13.6. The molecule has 0 aromatic heterocycles. The van der Waals surface area contributed by atoms with Gasteiger partial charge in [0.25, 0.3) is 0 Å². The molecule has 1 fully saturated rings. The first-order valence-electron chi connectivity index (χ1n) is 8.13. The summed E-state index contributed by atoms with van der Waals surface area (Å²) in [4.78, 5) is 12.0. The van der Waals surface area contributed by atoms with Gasteiger partial charge in [-0.3, -0.25) is 4.79 Å². The van der Waals surface area contributed by atoms with Gasteiger partial charge in [-0.25, -0.2) is 0 Å². The molecule has 1 aliphatic rings. The molecule has 1 aromatic carbocycles. The van der Waals surface area contributed by atoms with Gasteiger partial charge in [-0.15, -0.1) is 0 Å². The van der Waals surface area contributed by atoms with Gasteiger partial charge in [0, 0.05) is 6.54 Å². The van der Waals surface area contributed by atoms with Crippen LogP contribution in [0.15, 0.2) is 24.3 Å². The Kier molecular flexibility index (Phi) is 5.83. The number of ether oxygens (including phenoxy) is 1. The summed E-state index contributed by atoms with van der Waals surface area (Å²) in [6, 6.07) is 8.02. The van der Waals surface area contributed by atoms with Gasteiger partial charge in [0.15, 0.2) is 0 Å². The highest BCUT2D eigenvalue weighted by atomic mass is 16.5. The van der Waals surface area contributed by atoms with Crippen molar-refractivity contribution in [1.29, 1.82) is 0 Å². The van der Waals surface area contributed by atoms with E-state index >= 15 is 0 Å². The van der Waals surface area contributed by atoms with E-state index in [0.717, 1.165) is 37.9 Å². The molecule has 1 unspecified atom stereocenters. The Bertz CT molecular complexity index is 478. The van der Waals surface area contributed by atoms with Crippen molar-refractivity contribution in [1.82, 2.24) is 5.32 Å². The third-order valence-electron chi connectivity index (χ3n) is 4.41. The lowest BCUT2D eigenvalue weighted by Gasteiger charge is -2.22. The Balaban J connectivity index is 1.72. The minimum atomic E-state index is -0.761. The average Bonchev–Trinajstić information content (AvgIpc) is 2.92. The molecule has 0 bridgehead atoms. The lowest BCUT2D eigenvalue weighted by molar-refractivity contribution is -0.126. The molecule has 2 rings (SSSR count). The van der Waals surface area contributed by atoms with Gasteiger partial charge in [0.1, 0.15) is 5.75 Å². The zero-order chi connectivity index (χ0) is 16.0. The number of rotatable bonds is 7. The average molecular weight is 305 g/mol. The Morgan fingerprint density at radius 3 is 2.55 bits per heavy atom. The third kappa shape index (κ3) is 5.02. The molecule has 0 radical (unpaired) electrons. The highest BCUT2D eigenvalue weighted by Crippen LogP contribution is 2.32. The Morgan fingerprint density at radius 2 is 1.95 bits per heavy atom. The molecule has 1 amide bonds. The van der Waals surface area contributed by atoms with E-state index in [2.05, 4.69) is 24.4 Å². The number of hydrogen-bond acceptors (Lipinski definition) is 3. The maximum atomic E-state index is 12.0. The second-order valence-corrected chi connectivity index (χ2v) is 6.57. The molecule has 4 heteroatoms. The molecule has 2 N–H and O–H groups in total. The first-order valence-corrected chi connectivity index (χ1v) is 8.13. The van der Waals surface area contributed by atoms with Gasteiger partial charge in [-0.1, -0.05) is 31.9 Å². The molecule has 122 valence electrons. The van der Waals surface area contributed by atoms with Gasteiger partial charge in [0.05, 0.1) is 19.1 Å². The van der Waals surface area contributed by atoms with E-state index in [9.17, 15) is 9.90 Å². The molecule has 1 atom stereocenters. The van der Waals surface area contributed by atoms with Gasteiger partial charge in [0.2, 0.25) is 5.91 Å². The van der Waals surface area contributed by atoms with Crippen molar-refractivity contribution in [3.05, 3.63) is 29.8 Å². The van der Waals surface area contributed by atoms with Gasteiger partial charge in [-0.2, -0.15) is 0 Å². The minimum Gasteiger partial charge on any atom is -0.497 e. The zero-order valence-electron chi connectivity index (χ0n) is 13.6. The van der Waals surface area contributed by atoms with Crippen LogP contribution in [-0.4, -0.2) is 30.3 Å². The number of benzene rings is 1. The summed E-state index contributed by atoms with van der Waals surface area (Å²) in [5.74, 6) is 1.18. The van der Waals surface area contributed by atoms with E-state index in [-0.39, 0.29) is 12.3 Å². The topological polar surface area (TPSA) is 58.6 Å². The van der Waals surface area contributed by atoms with E-state index in [1.54, 1.807) is 7.11 Å². The number of hydrogen-bond donors (Lipinski definition) is 2. The van der Waals surface area contributed by atoms with Crippen LogP contribution < -0.4 is 10.1 Å². The first-order chi connectivity index (χ1) is 10.5. The van der Waals surface area contributed by atoms with E-state index in [4.69, 9.17) is 4.74 Å². The van der Waals surface area contributed by atoms with Crippen molar-refractivity contribution < 1.29 is 14.6 Å². The van der Waals surface area contributed by atoms with Crippen LogP contribution in [-0.2, 0) is 11.2 Å². The molecule has 22 heavy (non-hydrogen) atoms. The molecule has 0 saturated heterocycles. The summed E-state index contributed by atoms with van der Waals surface area (Å²) in [7, 11) is 1.66. The summed E-state index contributed by atoms with van der Waals surface area (Å²) < 4.78 is 5.15. The van der Waals surface area contributed by atoms with E-state index in [1.165, 1.54) is 5.56 Å². The molecule has 1 aliphatic carbocycles.